The number of halogens is 1. The molecule has 7 heteroatoms. The highest BCUT2D eigenvalue weighted by Gasteiger charge is 2.20. The summed E-state index contributed by atoms with van der Waals surface area (Å²) in [6, 6.07) is 14.4. The van der Waals surface area contributed by atoms with Gasteiger partial charge in [-0.1, -0.05) is 51.2 Å². The number of carbonyl (C=O) groups excluding carboxylic acids is 2. The Morgan fingerprint density at radius 3 is 2.16 bits per heavy atom. The van der Waals surface area contributed by atoms with Gasteiger partial charge in [0.1, 0.15) is 5.75 Å². The molecule has 0 saturated heterocycles. The van der Waals surface area contributed by atoms with E-state index in [9.17, 15) is 9.59 Å². The van der Waals surface area contributed by atoms with Crippen molar-refractivity contribution in [2.75, 3.05) is 52.2 Å². The Kier molecular flexibility index (Phi) is 15.2. The van der Waals surface area contributed by atoms with Crippen LogP contribution in [-0.4, -0.2) is 68.1 Å². The molecule has 6 nitrogen and oxygen atoms in total. The Labute approximate surface area is 234 Å². The molecule has 0 heterocycles. The SMILES string of the molecule is CCCCCCCCOc1ccccc1C(=O)Nc1ccc(C(=O)N(C)CC[N+](C)(CC)CC)cc1.[Br-]. The quantitative estimate of drug-likeness (QED) is 0.247. The Balaban J connectivity index is 0.00000684. The van der Waals surface area contributed by atoms with Crippen LogP contribution in [0, 0.1) is 0 Å². The van der Waals surface area contributed by atoms with E-state index in [4.69, 9.17) is 4.74 Å². The van der Waals surface area contributed by atoms with Gasteiger partial charge in [0.25, 0.3) is 11.8 Å². The van der Waals surface area contributed by atoms with Crippen molar-refractivity contribution in [1.82, 2.24) is 4.90 Å². The topological polar surface area (TPSA) is 58.6 Å². The first kappa shape index (κ1) is 32.6. The Morgan fingerprint density at radius 2 is 1.51 bits per heavy atom. The molecule has 0 fully saturated rings. The fraction of sp³-hybridized carbons (Fsp3) is 0.533. The molecule has 206 valence electrons. The minimum absolute atomic E-state index is 0. The van der Waals surface area contributed by atoms with E-state index in [2.05, 4.69) is 33.1 Å². The van der Waals surface area contributed by atoms with Crippen LogP contribution in [0.1, 0.15) is 80.0 Å². The van der Waals surface area contributed by atoms with Gasteiger partial charge in [-0.2, -0.15) is 0 Å². The summed E-state index contributed by atoms with van der Waals surface area (Å²) in [6.45, 7) is 10.9. The van der Waals surface area contributed by atoms with E-state index in [1.807, 2.05) is 25.2 Å². The maximum Gasteiger partial charge on any atom is 0.259 e. The van der Waals surface area contributed by atoms with Crippen LogP contribution in [0.4, 0.5) is 5.69 Å². The summed E-state index contributed by atoms with van der Waals surface area (Å²) in [7, 11) is 4.06. The van der Waals surface area contributed by atoms with E-state index in [1.165, 1.54) is 25.7 Å². The fourth-order valence-corrected chi connectivity index (χ4v) is 3.99. The van der Waals surface area contributed by atoms with E-state index in [0.29, 0.717) is 35.7 Å². The zero-order valence-electron chi connectivity index (χ0n) is 23.4. The molecule has 0 aromatic heterocycles. The molecule has 2 aromatic carbocycles. The van der Waals surface area contributed by atoms with Gasteiger partial charge in [-0.15, -0.1) is 0 Å². The summed E-state index contributed by atoms with van der Waals surface area (Å²) < 4.78 is 6.87. The first-order chi connectivity index (χ1) is 17.3. The number of rotatable bonds is 16. The Morgan fingerprint density at radius 1 is 0.892 bits per heavy atom. The largest absolute Gasteiger partial charge is 1.00 e. The van der Waals surface area contributed by atoms with Crippen molar-refractivity contribution in [2.24, 2.45) is 0 Å². The zero-order chi connectivity index (χ0) is 26.4. The van der Waals surface area contributed by atoms with Gasteiger partial charge in [0.15, 0.2) is 0 Å². The van der Waals surface area contributed by atoms with Gasteiger partial charge in [0.2, 0.25) is 0 Å². The third-order valence-corrected chi connectivity index (χ3v) is 7.13. The monoisotopic (exact) mass is 575 g/mol. The lowest BCUT2D eigenvalue weighted by Gasteiger charge is -2.33. The van der Waals surface area contributed by atoms with E-state index in [0.717, 1.165) is 37.0 Å². The smallest absolute Gasteiger partial charge is 0.259 e. The van der Waals surface area contributed by atoms with Gasteiger partial charge in [-0.05, 0) is 56.7 Å². The van der Waals surface area contributed by atoms with Gasteiger partial charge in [-0.25, -0.2) is 0 Å². The second-order valence-electron chi connectivity index (χ2n) is 9.85. The summed E-state index contributed by atoms with van der Waals surface area (Å²) in [4.78, 5) is 27.6. The molecular formula is C30H46BrN3O3. The van der Waals surface area contributed by atoms with Crippen molar-refractivity contribution >= 4 is 17.5 Å². The molecule has 0 radical (unpaired) electrons. The predicted octanol–water partition coefficient (Wildman–Crippen LogP) is 3.24. The standard InChI is InChI=1S/C30H45N3O3.BrH/c1-6-9-10-11-12-15-24-36-28-17-14-13-16-27(28)29(34)31-26-20-18-25(19-21-26)30(35)32(4)22-23-33(5,7-2)8-3;/h13-14,16-21H,6-12,15,22-24H2,1-5H3;1H. The summed E-state index contributed by atoms with van der Waals surface area (Å²) in [6.07, 6.45) is 7.15. The predicted molar refractivity (Wildman–Crippen MR) is 149 cm³/mol. The first-order valence-electron chi connectivity index (χ1n) is 13.6. The lowest BCUT2D eigenvalue weighted by molar-refractivity contribution is -0.905. The summed E-state index contributed by atoms with van der Waals surface area (Å²) in [5.41, 5.74) is 1.77. The lowest BCUT2D eigenvalue weighted by atomic mass is 10.1. The summed E-state index contributed by atoms with van der Waals surface area (Å²) in [5.74, 6) is 0.363. The number of hydrogen-bond donors (Lipinski definition) is 1. The molecule has 2 aromatic rings. The number of quaternary nitrogens is 1. The number of nitrogens with zero attached hydrogens (tertiary/aromatic N) is 2. The number of ether oxygens (including phenoxy) is 1. The van der Waals surface area contributed by atoms with Crippen LogP contribution in [0.15, 0.2) is 48.5 Å². The number of para-hydroxylation sites is 1. The van der Waals surface area contributed by atoms with E-state index in [-0.39, 0.29) is 28.8 Å². The van der Waals surface area contributed by atoms with Crippen molar-refractivity contribution in [3.05, 3.63) is 59.7 Å². The Bertz CT molecular complexity index is 945. The third kappa shape index (κ3) is 10.9. The highest BCUT2D eigenvalue weighted by atomic mass is 79.9. The van der Waals surface area contributed by atoms with Crippen LogP contribution in [0.5, 0.6) is 5.75 Å². The number of likely N-dealkylation sites (N-methyl/N-ethyl adjacent to an activating group) is 2. The zero-order valence-corrected chi connectivity index (χ0v) is 25.0. The molecule has 0 aliphatic rings. The normalized spacial score (nSPS) is 10.9. The van der Waals surface area contributed by atoms with E-state index >= 15 is 0 Å². The van der Waals surface area contributed by atoms with Gasteiger partial charge >= 0.3 is 0 Å². The molecule has 0 saturated carbocycles. The number of hydrogen-bond acceptors (Lipinski definition) is 3. The van der Waals surface area contributed by atoms with Crippen molar-refractivity contribution in [3.8, 4) is 5.75 Å². The summed E-state index contributed by atoms with van der Waals surface area (Å²) >= 11 is 0. The average Bonchev–Trinajstić information content (AvgIpc) is 2.91. The average molecular weight is 577 g/mol. The van der Waals surface area contributed by atoms with Gasteiger partial charge in [-0.3, -0.25) is 9.59 Å². The summed E-state index contributed by atoms with van der Waals surface area (Å²) in [5, 5.41) is 2.93. The van der Waals surface area contributed by atoms with Gasteiger partial charge in [0.05, 0.1) is 45.4 Å². The van der Waals surface area contributed by atoms with Crippen LogP contribution in [-0.2, 0) is 0 Å². The van der Waals surface area contributed by atoms with Crippen LogP contribution in [0.3, 0.4) is 0 Å². The van der Waals surface area contributed by atoms with Crippen LogP contribution in [0.2, 0.25) is 0 Å². The second kappa shape index (κ2) is 17.2. The number of anilines is 1. The highest BCUT2D eigenvalue weighted by Crippen LogP contribution is 2.21. The molecule has 0 spiro atoms. The van der Waals surface area contributed by atoms with Crippen molar-refractivity contribution in [3.63, 3.8) is 0 Å². The van der Waals surface area contributed by atoms with E-state index < -0.39 is 0 Å². The molecule has 0 atom stereocenters. The van der Waals surface area contributed by atoms with Crippen molar-refractivity contribution in [1.29, 1.82) is 0 Å². The number of carbonyl (C=O) groups is 2. The molecule has 0 unspecified atom stereocenters. The highest BCUT2D eigenvalue weighted by molar-refractivity contribution is 6.06. The molecular weight excluding hydrogens is 530 g/mol. The first-order valence-corrected chi connectivity index (χ1v) is 13.6. The van der Waals surface area contributed by atoms with Crippen LogP contribution in [0.25, 0.3) is 0 Å². The maximum absolute atomic E-state index is 12.9. The number of nitrogens with one attached hydrogen (secondary N) is 1. The minimum Gasteiger partial charge on any atom is -1.00 e. The van der Waals surface area contributed by atoms with Gasteiger partial charge in [0, 0.05) is 18.3 Å². The molecule has 0 aliphatic heterocycles. The third-order valence-electron chi connectivity index (χ3n) is 7.13. The van der Waals surface area contributed by atoms with Crippen molar-refractivity contribution < 1.29 is 35.8 Å². The number of benzene rings is 2. The van der Waals surface area contributed by atoms with Gasteiger partial charge < -0.3 is 36.4 Å². The molecule has 0 bridgehead atoms. The fourth-order valence-electron chi connectivity index (χ4n) is 3.99. The maximum atomic E-state index is 12.9. The van der Waals surface area contributed by atoms with Crippen LogP contribution < -0.4 is 27.0 Å². The minimum atomic E-state index is -0.221. The van der Waals surface area contributed by atoms with Crippen molar-refractivity contribution in [2.45, 2.75) is 59.3 Å². The second-order valence-corrected chi connectivity index (χ2v) is 9.85. The molecule has 2 amide bonds. The lowest BCUT2D eigenvalue weighted by Crippen LogP contribution is -3.00. The Hall–Kier alpha value is -2.38. The van der Waals surface area contributed by atoms with E-state index in [1.54, 1.807) is 35.2 Å². The number of unbranched alkanes of at least 4 members (excludes halogenated alkanes) is 5. The van der Waals surface area contributed by atoms with Crippen LogP contribution >= 0.6 is 0 Å². The molecule has 1 N–H and O–H groups in total. The molecule has 2 rings (SSSR count). The molecule has 0 aliphatic carbocycles. The molecule has 37 heavy (non-hydrogen) atoms. The number of amides is 2.